The average Bonchev–Trinajstić information content (AvgIpc) is 3.08. The highest BCUT2D eigenvalue weighted by molar-refractivity contribution is 5.90. The highest BCUT2D eigenvalue weighted by Gasteiger charge is 2.41. The Hall–Kier alpha value is -1.65. The van der Waals surface area contributed by atoms with Crippen LogP contribution in [-0.4, -0.2) is 22.4 Å². The van der Waals surface area contributed by atoms with E-state index in [1.54, 1.807) is 6.20 Å². The van der Waals surface area contributed by atoms with Gasteiger partial charge in [-0.3, -0.25) is 9.78 Å². The van der Waals surface area contributed by atoms with E-state index < -0.39 is 5.91 Å². The van der Waals surface area contributed by atoms with Crippen molar-refractivity contribution < 1.29 is 4.79 Å². The molecule has 5 nitrogen and oxygen atoms in total. The van der Waals surface area contributed by atoms with Gasteiger partial charge >= 0.3 is 0 Å². The third-order valence-electron chi connectivity index (χ3n) is 3.27. The highest BCUT2D eigenvalue weighted by atomic mass is 16.1. The zero-order valence-corrected chi connectivity index (χ0v) is 10.1. The lowest BCUT2D eigenvalue weighted by molar-refractivity contribution is 0.0995. The first-order valence-electron chi connectivity index (χ1n) is 6.01. The van der Waals surface area contributed by atoms with Gasteiger partial charge in [-0.15, -0.1) is 0 Å². The maximum absolute atomic E-state index is 11.0. The van der Waals surface area contributed by atoms with Gasteiger partial charge in [-0.1, -0.05) is 13.3 Å². The topological polar surface area (TPSA) is 80.9 Å². The molecule has 0 unspecified atom stereocenters. The first-order chi connectivity index (χ1) is 8.15. The minimum atomic E-state index is -0.546. The fourth-order valence-electron chi connectivity index (χ4n) is 2.07. The Balaban J connectivity index is 1.95. The van der Waals surface area contributed by atoms with E-state index in [2.05, 4.69) is 22.2 Å². The molecule has 0 spiro atoms. The van der Waals surface area contributed by atoms with Crippen LogP contribution < -0.4 is 11.1 Å². The van der Waals surface area contributed by atoms with Crippen molar-refractivity contribution >= 4 is 11.7 Å². The Morgan fingerprint density at radius 1 is 1.53 bits per heavy atom. The molecule has 17 heavy (non-hydrogen) atoms. The van der Waals surface area contributed by atoms with Crippen molar-refractivity contribution in [3.8, 4) is 0 Å². The van der Waals surface area contributed by atoms with Crippen LogP contribution in [0.15, 0.2) is 12.4 Å². The molecule has 1 amide bonds. The summed E-state index contributed by atoms with van der Waals surface area (Å²) >= 11 is 0. The molecule has 0 aliphatic heterocycles. The molecule has 1 aromatic heterocycles. The Kier molecular flexibility index (Phi) is 3.26. The quantitative estimate of drug-likeness (QED) is 0.782. The summed E-state index contributed by atoms with van der Waals surface area (Å²) in [4.78, 5) is 19.0. The SMILES string of the molecule is CCCC1(CNc2cncc(C(N)=O)n2)CC1. The number of nitrogens with two attached hydrogens (primary N) is 1. The van der Waals surface area contributed by atoms with Gasteiger partial charge < -0.3 is 11.1 Å². The molecule has 1 aromatic rings. The number of carbonyl (C=O) groups is 1. The fourth-order valence-corrected chi connectivity index (χ4v) is 2.07. The Labute approximate surface area is 101 Å². The van der Waals surface area contributed by atoms with Crippen LogP contribution in [0.25, 0.3) is 0 Å². The van der Waals surface area contributed by atoms with Gasteiger partial charge in [0.2, 0.25) is 0 Å². The number of hydrogen-bond acceptors (Lipinski definition) is 4. The molecule has 92 valence electrons. The summed E-state index contributed by atoms with van der Waals surface area (Å²) < 4.78 is 0. The smallest absolute Gasteiger partial charge is 0.268 e. The van der Waals surface area contributed by atoms with Gasteiger partial charge in [-0.2, -0.15) is 0 Å². The molecule has 0 atom stereocenters. The van der Waals surface area contributed by atoms with Crippen LogP contribution in [0.5, 0.6) is 0 Å². The fraction of sp³-hybridized carbons (Fsp3) is 0.583. The van der Waals surface area contributed by atoms with Gasteiger partial charge in [0, 0.05) is 6.54 Å². The van der Waals surface area contributed by atoms with Crippen LogP contribution in [0, 0.1) is 5.41 Å². The van der Waals surface area contributed by atoms with E-state index in [4.69, 9.17) is 5.73 Å². The Morgan fingerprint density at radius 2 is 2.29 bits per heavy atom. The van der Waals surface area contributed by atoms with Crippen molar-refractivity contribution in [3.63, 3.8) is 0 Å². The maximum Gasteiger partial charge on any atom is 0.268 e. The second kappa shape index (κ2) is 4.69. The van der Waals surface area contributed by atoms with Crippen LogP contribution in [0.2, 0.25) is 0 Å². The van der Waals surface area contributed by atoms with Crippen LogP contribution in [0.3, 0.4) is 0 Å². The van der Waals surface area contributed by atoms with E-state index in [-0.39, 0.29) is 5.69 Å². The van der Waals surface area contributed by atoms with E-state index in [1.165, 1.54) is 31.9 Å². The lowest BCUT2D eigenvalue weighted by atomic mass is 10.0. The van der Waals surface area contributed by atoms with Gasteiger partial charge in [0.25, 0.3) is 5.91 Å². The van der Waals surface area contributed by atoms with E-state index >= 15 is 0 Å². The zero-order chi connectivity index (χ0) is 12.3. The summed E-state index contributed by atoms with van der Waals surface area (Å²) in [6.07, 6.45) is 7.99. The Bertz CT molecular complexity index is 415. The molecule has 0 radical (unpaired) electrons. The van der Waals surface area contributed by atoms with Crippen LogP contribution in [0.1, 0.15) is 43.1 Å². The number of hydrogen-bond donors (Lipinski definition) is 2. The summed E-state index contributed by atoms with van der Waals surface area (Å²) in [5.41, 5.74) is 5.80. The molecular formula is C12H18N4O. The van der Waals surface area contributed by atoms with E-state index in [0.717, 1.165) is 6.54 Å². The molecular weight excluding hydrogens is 216 g/mol. The average molecular weight is 234 g/mol. The molecule has 1 fully saturated rings. The lowest BCUT2D eigenvalue weighted by Crippen LogP contribution is -2.18. The van der Waals surface area contributed by atoms with Gasteiger partial charge in [-0.05, 0) is 24.7 Å². The molecule has 5 heteroatoms. The first kappa shape index (κ1) is 11.8. The Morgan fingerprint density at radius 3 is 2.88 bits per heavy atom. The van der Waals surface area contributed by atoms with Gasteiger partial charge in [0.15, 0.2) is 0 Å². The van der Waals surface area contributed by atoms with Crippen molar-refractivity contribution in [3.05, 3.63) is 18.1 Å². The molecule has 1 aliphatic rings. The third-order valence-corrected chi connectivity index (χ3v) is 3.27. The van der Waals surface area contributed by atoms with Crippen molar-refractivity contribution in [1.82, 2.24) is 9.97 Å². The van der Waals surface area contributed by atoms with Gasteiger partial charge in [0.05, 0.1) is 12.4 Å². The number of primary amides is 1. The summed E-state index contributed by atoms with van der Waals surface area (Å²) in [6.45, 7) is 3.10. The molecule has 0 aromatic carbocycles. The number of nitrogens with zero attached hydrogens (tertiary/aromatic N) is 2. The first-order valence-corrected chi connectivity index (χ1v) is 6.01. The molecule has 3 N–H and O–H groups in total. The van der Waals surface area contributed by atoms with Gasteiger partial charge in [-0.25, -0.2) is 4.98 Å². The number of nitrogens with one attached hydrogen (secondary N) is 1. The second-order valence-corrected chi connectivity index (χ2v) is 4.76. The summed E-state index contributed by atoms with van der Waals surface area (Å²) in [5.74, 6) is 0.0829. The number of amides is 1. The monoisotopic (exact) mass is 234 g/mol. The van der Waals surface area contributed by atoms with E-state index in [0.29, 0.717) is 11.2 Å². The zero-order valence-electron chi connectivity index (χ0n) is 10.1. The minimum Gasteiger partial charge on any atom is -0.368 e. The van der Waals surface area contributed by atoms with Gasteiger partial charge in [0.1, 0.15) is 11.5 Å². The summed E-state index contributed by atoms with van der Waals surface area (Å²) in [7, 11) is 0. The predicted molar refractivity (Wildman–Crippen MR) is 65.6 cm³/mol. The predicted octanol–water partition coefficient (Wildman–Crippen LogP) is 1.57. The summed E-state index contributed by atoms with van der Waals surface area (Å²) in [6, 6.07) is 0. The van der Waals surface area contributed by atoms with Crippen LogP contribution in [0.4, 0.5) is 5.82 Å². The largest absolute Gasteiger partial charge is 0.368 e. The third kappa shape index (κ3) is 2.93. The van der Waals surface area contributed by atoms with Crippen molar-refractivity contribution in [1.29, 1.82) is 0 Å². The molecule has 2 rings (SSSR count). The number of anilines is 1. The van der Waals surface area contributed by atoms with Crippen molar-refractivity contribution in [2.24, 2.45) is 11.1 Å². The molecule has 1 heterocycles. The lowest BCUT2D eigenvalue weighted by Gasteiger charge is -2.15. The van der Waals surface area contributed by atoms with E-state index in [9.17, 15) is 4.79 Å². The standard InChI is InChI=1S/C12H18N4O/c1-2-3-12(4-5-12)8-15-10-7-14-6-9(16-10)11(13)17/h6-7H,2-5,8H2,1H3,(H2,13,17)(H,15,16). The van der Waals surface area contributed by atoms with Crippen molar-refractivity contribution in [2.75, 3.05) is 11.9 Å². The number of rotatable bonds is 6. The number of aromatic nitrogens is 2. The summed E-state index contributed by atoms with van der Waals surface area (Å²) in [5, 5.41) is 3.25. The minimum absolute atomic E-state index is 0.204. The number of carbonyl (C=O) groups excluding carboxylic acids is 1. The molecule has 0 saturated heterocycles. The highest BCUT2D eigenvalue weighted by Crippen LogP contribution is 2.49. The molecule has 0 bridgehead atoms. The van der Waals surface area contributed by atoms with Crippen LogP contribution in [-0.2, 0) is 0 Å². The maximum atomic E-state index is 11.0. The van der Waals surface area contributed by atoms with Crippen LogP contribution >= 0.6 is 0 Å². The van der Waals surface area contributed by atoms with Crippen molar-refractivity contribution in [2.45, 2.75) is 32.6 Å². The molecule has 1 saturated carbocycles. The van der Waals surface area contributed by atoms with E-state index in [1.807, 2.05) is 0 Å². The normalized spacial score (nSPS) is 16.5. The molecule has 1 aliphatic carbocycles. The second-order valence-electron chi connectivity index (χ2n) is 4.76.